The van der Waals surface area contributed by atoms with Crippen molar-refractivity contribution in [1.29, 1.82) is 0 Å². The van der Waals surface area contributed by atoms with Gasteiger partial charge in [0.2, 0.25) is 0 Å². The van der Waals surface area contributed by atoms with Crippen molar-refractivity contribution in [1.82, 2.24) is 0 Å². The van der Waals surface area contributed by atoms with Crippen LogP contribution >= 0.6 is 0 Å². The molecule has 0 bridgehead atoms. The van der Waals surface area contributed by atoms with Crippen molar-refractivity contribution in [2.24, 2.45) is 5.73 Å². The molecule has 0 saturated heterocycles. The molecule has 5 nitrogen and oxygen atoms in total. The molecular formula is C10H27NO4. The maximum atomic E-state index is 8.89. The molecule has 96 valence electrons. The van der Waals surface area contributed by atoms with E-state index in [1.54, 1.807) is 6.92 Å². The Kier molecular flexibility index (Phi) is 16.0. The first-order valence-electron chi connectivity index (χ1n) is 4.33. The molecule has 0 radical (unpaired) electrons. The molecule has 0 saturated carbocycles. The van der Waals surface area contributed by atoms with Gasteiger partial charge in [-0.3, -0.25) is 0 Å². The summed E-state index contributed by atoms with van der Waals surface area (Å²) in [5, 5.41) is 17.5. The van der Waals surface area contributed by atoms with Crippen molar-refractivity contribution in [3.63, 3.8) is 0 Å². The van der Waals surface area contributed by atoms with E-state index in [-0.39, 0.29) is 34.2 Å². The zero-order valence-electron chi connectivity index (χ0n) is 8.14. The molecule has 0 aromatic rings. The highest BCUT2D eigenvalue weighted by Crippen LogP contribution is 1.94. The lowest BCUT2D eigenvalue weighted by molar-refractivity contribution is -0.0505. The number of nitrogens with two attached hydrogens (primary N) is 1. The Morgan fingerprint density at radius 2 is 1.60 bits per heavy atom. The maximum absolute atomic E-state index is 8.89. The van der Waals surface area contributed by atoms with E-state index >= 15 is 0 Å². The number of rotatable bonds is 7. The molecule has 0 fully saturated rings. The highest BCUT2D eigenvalue weighted by atomic mass is 16.5. The Balaban J connectivity index is -0.000000720. The summed E-state index contributed by atoms with van der Waals surface area (Å²) in [6.07, 6.45) is -1.51. The molecule has 3 atom stereocenters. The van der Waals surface area contributed by atoms with Crippen LogP contribution in [0.4, 0.5) is 0 Å². The molecule has 4 N–H and O–H groups in total. The molecular weight excluding hydrogens is 198 g/mol. The highest BCUT2D eigenvalue weighted by Gasteiger charge is 2.05. The molecule has 0 heterocycles. The van der Waals surface area contributed by atoms with Gasteiger partial charge in [-0.05, 0) is 13.8 Å². The number of aliphatic hydroxyl groups is 2. The monoisotopic (exact) mass is 225 g/mol. The van der Waals surface area contributed by atoms with E-state index in [0.717, 1.165) is 0 Å². The lowest BCUT2D eigenvalue weighted by Crippen LogP contribution is -2.28. The third-order valence-corrected chi connectivity index (χ3v) is 1.26. The summed E-state index contributed by atoms with van der Waals surface area (Å²) >= 11 is 0. The average molecular weight is 225 g/mol. The van der Waals surface area contributed by atoms with Crippen molar-refractivity contribution in [3.05, 3.63) is 0 Å². The van der Waals surface area contributed by atoms with Gasteiger partial charge in [0.15, 0.2) is 0 Å². The number of ether oxygens (including phenoxy) is 2. The summed E-state index contributed by atoms with van der Waals surface area (Å²) in [7, 11) is 0. The molecule has 15 heavy (non-hydrogen) atoms. The Bertz CT molecular complexity index is 120. The first-order valence-corrected chi connectivity index (χ1v) is 4.33. The SMILES string of the molecule is C.C.CC(O)COC(C)COCC(N)O. The second-order valence-corrected chi connectivity index (χ2v) is 3.10. The van der Waals surface area contributed by atoms with Gasteiger partial charge in [-0.2, -0.15) is 0 Å². The van der Waals surface area contributed by atoms with Gasteiger partial charge in [0.1, 0.15) is 6.23 Å². The number of hydrogen-bond acceptors (Lipinski definition) is 5. The van der Waals surface area contributed by atoms with Crippen LogP contribution in [0.15, 0.2) is 0 Å². The van der Waals surface area contributed by atoms with E-state index in [0.29, 0.717) is 6.61 Å². The molecule has 0 rings (SSSR count). The molecule has 0 aliphatic rings. The van der Waals surface area contributed by atoms with Crippen molar-refractivity contribution in [2.75, 3.05) is 19.8 Å². The molecule has 0 spiro atoms. The minimum atomic E-state index is -0.941. The third kappa shape index (κ3) is 16.5. The maximum Gasteiger partial charge on any atom is 0.126 e. The molecule has 0 aromatic heterocycles. The van der Waals surface area contributed by atoms with E-state index in [2.05, 4.69) is 0 Å². The van der Waals surface area contributed by atoms with Gasteiger partial charge < -0.3 is 25.4 Å². The fourth-order valence-electron chi connectivity index (χ4n) is 0.706. The lowest BCUT2D eigenvalue weighted by atomic mass is 10.4. The zero-order valence-corrected chi connectivity index (χ0v) is 8.14. The van der Waals surface area contributed by atoms with Gasteiger partial charge in [-0.1, -0.05) is 14.9 Å². The molecule has 0 amide bonds. The minimum absolute atomic E-state index is 0. The summed E-state index contributed by atoms with van der Waals surface area (Å²) in [5.41, 5.74) is 5.05. The van der Waals surface area contributed by atoms with E-state index in [1.807, 2.05) is 6.92 Å². The van der Waals surface area contributed by atoms with Crippen molar-refractivity contribution < 1.29 is 19.7 Å². The standard InChI is InChI=1S/C8H19NO4.2CH4/c1-6(10)3-13-7(2)4-12-5-8(9)11;;/h6-8,10-11H,3-5,9H2,1-2H3;2*1H4. The van der Waals surface area contributed by atoms with E-state index in [4.69, 9.17) is 25.4 Å². The van der Waals surface area contributed by atoms with E-state index in [9.17, 15) is 0 Å². The Labute approximate surface area is 93.2 Å². The summed E-state index contributed by atoms with van der Waals surface area (Å²) in [6.45, 7) is 4.22. The summed E-state index contributed by atoms with van der Waals surface area (Å²) in [5.74, 6) is 0. The first-order chi connectivity index (χ1) is 6.02. The van der Waals surface area contributed by atoms with Crippen LogP contribution in [-0.4, -0.2) is 48.5 Å². The Morgan fingerprint density at radius 3 is 2.00 bits per heavy atom. The van der Waals surface area contributed by atoms with Crippen LogP contribution < -0.4 is 5.73 Å². The average Bonchev–Trinajstić information content (AvgIpc) is 2.00. The fraction of sp³-hybridized carbons (Fsp3) is 1.00. The van der Waals surface area contributed by atoms with Crippen LogP contribution in [0.5, 0.6) is 0 Å². The molecule has 0 aromatic carbocycles. The molecule has 0 aliphatic heterocycles. The predicted octanol–water partition coefficient (Wildman–Crippen LogP) is 0.338. The summed E-state index contributed by atoms with van der Waals surface area (Å²) < 4.78 is 10.2. The topological polar surface area (TPSA) is 84.9 Å². The summed E-state index contributed by atoms with van der Waals surface area (Å²) in [6, 6.07) is 0. The predicted molar refractivity (Wildman–Crippen MR) is 61.6 cm³/mol. The van der Waals surface area contributed by atoms with Crippen LogP contribution in [0, 0.1) is 0 Å². The van der Waals surface area contributed by atoms with Gasteiger partial charge in [0, 0.05) is 0 Å². The van der Waals surface area contributed by atoms with Crippen LogP contribution in [0.1, 0.15) is 28.7 Å². The smallest absolute Gasteiger partial charge is 0.126 e. The summed E-state index contributed by atoms with van der Waals surface area (Å²) in [4.78, 5) is 0. The van der Waals surface area contributed by atoms with Crippen molar-refractivity contribution >= 4 is 0 Å². The normalized spacial score (nSPS) is 15.8. The van der Waals surface area contributed by atoms with Crippen LogP contribution in [0.2, 0.25) is 0 Å². The van der Waals surface area contributed by atoms with E-state index < -0.39 is 12.3 Å². The Hall–Kier alpha value is -0.200. The molecule has 5 heteroatoms. The fourth-order valence-corrected chi connectivity index (χ4v) is 0.706. The van der Waals surface area contributed by atoms with Crippen molar-refractivity contribution in [3.8, 4) is 0 Å². The third-order valence-electron chi connectivity index (χ3n) is 1.26. The minimum Gasteiger partial charge on any atom is -0.391 e. The second kappa shape index (κ2) is 11.9. The van der Waals surface area contributed by atoms with Crippen LogP contribution in [0.3, 0.4) is 0 Å². The van der Waals surface area contributed by atoms with Gasteiger partial charge in [0.25, 0.3) is 0 Å². The van der Waals surface area contributed by atoms with Gasteiger partial charge in [0.05, 0.1) is 32.0 Å². The van der Waals surface area contributed by atoms with E-state index in [1.165, 1.54) is 0 Å². The number of aliphatic hydroxyl groups excluding tert-OH is 2. The van der Waals surface area contributed by atoms with Gasteiger partial charge in [-0.15, -0.1) is 0 Å². The molecule has 0 aliphatic carbocycles. The highest BCUT2D eigenvalue weighted by molar-refractivity contribution is 4.51. The quantitative estimate of drug-likeness (QED) is 0.544. The van der Waals surface area contributed by atoms with Gasteiger partial charge in [-0.25, -0.2) is 0 Å². The lowest BCUT2D eigenvalue weighted by Gasteiger charge is -2.15. The van der Waals surface area contributed by atoms with Crippen LogP contribution in [0.25, 0.3) is 0 Å². The van der Waals surface area contributed by atoms with Gasteiger partial charge >= 0.3 is 0 Å². The number of hydrogen-bond donors (Lipinski definition) is 3. The first kappa shape index (κ1) is 20.2. The second-order valence-electron chi connectivity index (χ2n) is 3.10. The molecule has 3 unspecified atom stereocenters. The van der Waals surface area contributed by atoms with Crippen LogP contribution in [-0.2, 0) is 9.47 Å². The largest absolute Gasteiger partial charge is 0.391 e. The Morgan fingerprint density at radius 1 is 1.07 bits per heavy atom. The van der Waals surface area contributed by atoms with Crippen molar-refractivity contribution in [2.45, 2.75) is 47.1 Å². The zero-order chi connectivity index (χ0) is 10.3.